The maximum atomic E-state index is 11.4. The summed E-state index contributed by atoms with van der Waals surface area (Å²) < 4.78 is 0. The van der Waals surface area contributed by atoms with Crippen molar-refractivity contribution in [1.82, 2.24) is 19.9 Å². The van der Waals surface area contributed by atoms with Crippen LogP contribution >= 0.6 is 11.8 Å². The lowest BCUT2D eigenvalue weighted by Gasteiger charge is -2.09. The average Bonchev–Trinajstić information content (AvgIpc) is 3.29. The van der Waals surface area contributed by atoms with E-state index in [1.54, 1.807) is 25.4 Å². The summed E-state index contributed by atoms with van der Waals surface area (Å²) in [5.41, 5.74) is 0.705. The van der Waals surface area contributed by atoms with Gasteiger partial charge in [-0.3, -0.25) is 0 Å². The molecule has 21 heavy (non-hydrogen) atoms. The van der Waals surface area contributed by atoms with Gasteiger partial charge >= 0.3 is 5.97 Å². The Kier molecular flexibility index (Phi) is 3.83. The van der Waals surface area contributed by atoms with Crippen molar-refractivity contribution < 1.29 is 9.90 Å². The van der Waals surface area contributed by atoms with Crippen molar-refractivity contribution in [2.24, 2.45) is 0 Å². The van der Waals surface area contributed by atoms with E-state index in [2.05, 4.69) is 19.9 Å². The van der Waals surface area contributed by atoms with E-state index in [1.807, 2.05) is 0 Å². The van der Waals surface area contributed by atoms with Gasteiger partial charge in [-0.1, -0.05) is 11.8 Å². The zero-order valence-electron chi connectivity index (χ0n) is 11.5. The molecule has 1 aliphatic rings. The number of carboxylic acid groups (broad SMARTS) is 1. The molecule has 7 heteroatoms. The number of aromatic carboxylic acids is 1. The molecule has 0 radical (unpaired) electrons. The van der Waals surface area contributed by atoms with Gasteiger partial charge in [0.25, 0.3) is 0 Å². The monoisotopic (exact) mass is 302 g/mol. The van der Waals surface area contributed by atoms with Crippen LogP contribution in [0.5, 0.6) is 0 Å². The van der Waals surface area contributed by atoms with E-state index in [1.165, 1.54) is 11.8 Å². The van der Waals surface area contributed by atoms with Gasteiger partial charge in [0.1, 0.15) is 22.2 Å². The van der Waals surface area contributed by atoms with Crippen LogP contribution in [-0.4, -0.2) is 31.0 Å². The largest absolute Gasteiger partial charge is 0.478 e. The summed E-state index contributed by atoms with van der Waals surface area (Å²) in [7, 11) is 0. The quantitative estimate of drug-likeness (QED) is 0.670. The normalized spacial score (nSPS) is 14.1. The summed E-state index contributed by atoms with van der Waals surface area (Å²) in [5, 5.41) is 9.87. The standard InChI is InChI=1S/C14H14N4O2S/c1-8-11(14(19)20)13(18-12(17-8)9-3-4-9)21-7-10-15-5-2-6-16-10/h2,5-6,9H,3-4,7H2,1H3,(H,19,20). The molecule has 6 nitrogen and oxygen atoms in total. The summed E-state index contributed by atoms with van der Waals surface area (Å²) in [5.74, 6) is 1.30. The Morgan fingerprint density at radius 2 is 2.05 bits per heavy atom. The van der Waals surface area contributed by atoms with Gasteiger partial charge in [0.15, 0.2) is 0 Å². The Morgan fingerprint density at radius 1 is 1.33 bits per heavy atom. The minimum Gasteiger partial charge on any atom is -0.478 e. The third kappa shape index (κ3) is 3.18. The van der Waals surface area contributed by atoms with E-state index in [0.717, 1.165) is 18.7 Å². The first-order valence-electron chi connectivity index (χ1n) is 6.65. The molecule has 108 valence electrons. The van der Waals surface area contributed by atoms with Gasteiger partial charge in [0, 0.05) is 18.3 Å². The molecule has 1 aliphatic carbocycles. The van der Waals surface area contributed by atoms with Crippen LogP contribution in [0.25, 0.3) is 0 Å². The maximum absolute atomic E-state index is 11.4. The summed E-state index contributed by atoms with van der Waals surface area (Å²) in [6, 6.07) is 1.75. The van der Waals surface area contributed by atoms with Crippen molar-refractivity contribution in [2.45, 2.75) is 36.5 Å². The van der Waals surface area contributed by atoms with Gasteiger partial charge in [0.2, 0.25) is 0 Å². The molecule has 2 aromatic rings. The number of aryl methyl sites for hydroxylation is 1. The highest BCUT2D eigenvalue weighted by molar-refractivity contribution is 7.98. The molecule has 2 aromatic heterocycles. The highest BCUT2D eigenvalue weighted by atomic mass is 32.2. The Morgan fingerprint density at radius 3 is 2.67 bits per heavy atom. The van der Waals surface area contributed by atoms with Crippen LogP contribution in [0.15, 0.2) is 23.5 Å². The van der Waals surface area contributed by atoms with Crippen LogP contribution in [-0.2, 0) is 5.75 Å². The van der Waals surface area contributed by atoms with Crippen LogP contribution in [0.4, 0.5) is 0 Å². The van der Waals surface area contributed by atoms with Gasteiger partial charge in [-0.2, -0.15) is 0 Å². The molecule has 0 unspecified atom stereocenters. The number of carbonyl (C=O) groups is 1. The third-order valence-corrected chi connectivity index (χ3v) is 4.16. The molecular weight excluding hydrogens is 288 g/mol. The SMILES string of the molecule is Cc1nc(C2CC2)nc(SCc2ncccn2)c1C(=O)O. The predicted molar refractivity (Wildman–Crippen MR) is 77.3 cm³/mol. The molecule has 1 fully saturated rings. The first-order valence-corrected chi connectivity index (χ1v) is 7.64. The van der Waals surface area contributed by atoms with Gasteiger partial charge in [-0.15, -0.1) is 0 Å². The number of nitrogens with zero attached hydrogens (tertiary/aromatic N) is 4. The lowest BCUT2D eigenvalue weighted by atomic mass is 10.2. The molecule has 0 spiro atoms. The lowest BCUT2D eigenvalue weighted by molar-refractivity contribution is 0.0690. The second-order valence-electron chi connectivity index (χ2n) is 4.88. The predicted octanol–water partition coefficient (Wildman–Crippen LogP) is 2.44. The Bertz CT molecular complexity index is 674. The van der Waals surface area contributed by atoms with Crippen molar-refractivity contribution in [1.29, 1.82) is 0 Å². The molecule has 0 saturated heterocycles. The van der Waals surface area contributed by atoms with Crippen LogP contribution in [0.3, 0.4) is 0 Å². The van der Waals surface area contributed by atoms with E-state index in [9.17, 15) is 9.90 Å². The maximum Gasteiger partial charge on any atom is 0.340 e. The summed E-state index contributed by atoms with van der Waals surface area (Å²) in [6.07, 6.45) is 5.50. The second-order valence-corrected chi connectivity index (χ2v) is 5.84. The minimum atomic E-state index is -0.994. The van der Waals surface area contributed by atoms with Crippen molar-refractivity contribution in [3.05, 3.63) is 41.4 Å². The molecule has 0 aromatic carbocycles. The zero-order chi connectivity index (χ0) is 14.8. The fourth-order valence-corrected chi connectivity index (χ4v) is 2.93. The first-order chi connectivity index (χ1) is 10.1. The number of hydrogen-bond donors (Lipinski definition) is 1. The van der Waals surface area contributed by atoms with E-state index < -0.39 is 5.97 Å². The lowest BCUT2D eigenvalue weighted by Crippen LogP contribution is -2.09. The molecule has 2 heterocycles. The fraction of sp³-hybridized carbons (Fsp3) is 0.357. The van der Waals surface area contributed by atoms with Crippen molar-refractivity contribution in [3.63, 3.8) is 0 Å². The Hall–Kier alpha value is -2.02. The average molecular weight is 302 g/mol. The van der Waals surface area contributed by atoms with E-state index in [-0.39, 0.29) is 5.56 Å². The Balaban J connectivity index is 1.89. The van der Waals surface area contributed by atoms with E-state index >= 15 is 0 Å². The number of hydrogen-bond acceptors (Lipinski definition) is 6. The number of aromatic nitrogens is 4. The Labute approximate surface area is 126 Å². The number of carboxylic acids is 1. The molecule has 1 saturated carbocycles. The minimum absolute atomic E-state index is 0.181. The van der Waals surface area contributed by atoms with E-state index in [0.29, 0.717) is 28.2 Å². The van der Waals surface area contributed by atoms with E-state index in [4.69, 9.17) is 0 Å². The van der Waals surface area contributed by atoms with Crippen molar-refractivity contribution in [3.8, 4) is 0 Å². The van der Waals surface area contributed by atoms with Crippen LogP contribution < -0.4 is 0 Å². The number of rotatable bonds is 5. The van der Waals surface area contributed by atoms with Gasteiger partial charge in [0.05, 0.1) is 11.4 Å². The highest BCUT2D eigenvalue weighted by Gasteiger charge is 2.29. The van der Waals surface area contributed by atoms with Crippen LogP contribution in [0, 0.1) is 6.92 Å². The molecule has 0 amide bonds. The summed E-state index contributed by atoms with van der Waals surface area (Å²) in [6.45, 7) is 1.72. The second kappa shape index (κ2) is 5.77. The zero-order valence-corrected chi connectivity index (χ0v) is 12.3. The molecule has 0 aliphatic heterocycles. The molecule has 0 atom stereocenters. The van der Waals surface area contributed by atoms with Gasteiger partial charge in [-0.05, 0) is 25.8 Å². The molecular formula is C14H14N4O2S. The summed E-state index contributed by atoms with van der Waals surface area (Å²) >= 11 is 1.35. The van der Waals surface area contributed by atoms with Crippen LogP contribution in [0.1, 0.15) is 46.5 Å². The van der Waals surface area contributed by atoms with Crippen LogP contribution in [0.2, 0.25) is 0 Å². The topological polar surface area (TPSA) is 88.9 Å². The molecule has 1 N–H and O–H groups in total. The highest BCUT2D eigenvalue weighted by Crippen LogP contribution is 2.39. The molecule has 0 bridgehead atoms. The summed E-state index contributed by atoms with van der Waals surface area (Å²) in [4.78, 5) is 28.5. The van der Waals surface area contributed by atoms with Crippen molar-refractivity contribution in [2.75, 3.05) is 0 Å². The molecule has 3 rings (SSSR count). The first kappa shape index (κ1) is 13.9. The number of thioether (sulfide) groups is 1. The smallest absolute Gasteiger partial charge is 0.340 e. The van der Waals surface area contributed by atoms with Gasteiger partial charge < -0.3 is 5.11 Å². The fourth-order valence-electron chi connectivity index (χ4n) is 1.98. The third-order valence-electron chi connectivity index (χ3n) is 3.19. The van der Waals surface area contributed by atoms with Crippen molar-refractivity contribution >= 4 is 17.7 Å². The van der Waals surface area contributed by atoms with Gasteiger partial charge in [-0.25, -0.2) is 24.7 Å².